The highest BCUT2D eigenvalue weighted by atomic mass is 32.1. The molecule has 1 unspecified atom stereocenters. The van der Waals surface area contributed by atoms with Crippen LogP contribution in [0.4, 0.5) is 0 Å². The first kappa shape index (κ1) is 17.0. The molecule has 2 nitrogen and oxygen atoms in total. The summed E-state index contributed by atoms with van der Waals surface area (Å²) in [7, 11) is 0. The van der Waals surface area contributed by atoms with Gasteiger partial charge in [0.15, 0.2) is 0 Å². The van der Waals surface area contributed by atoms with Gasteiger partial charge in [-0.05, 0) is 49.4 Å². The van der Waals surface area contributed by atoms with E-state index in [2.05, 4.69) is 57.0 Å². The number of piperidine rings is 1. The molecule has 1 aromatic heterocycles. The lowest BCUT2D eigenvalue weighted by Crippen LogP contribution is -2.40. The van der Waals surface area contributed by atoms with Crippen molar-refractivity contribution in [2.75, 3.05) is 19.6 Å². The van der Waals surface area contributed by atoms with E-state index in [4.69, 9.17) is 0 Å². The molecule has 2 heterocycles. The highest BCUT2D eigenvalue weighted by Crippen LogP contribution is 2.30. The minimum Gasteiger partial charge on any atom is -0.314 e. The first-order chi connectivity index (χ1) is 9.84. The summed E-state index contributed by atoms with van der Waals surface area (Å²) in [6.45, 7) is 16.2. The first-order valence-electron chi connectivity index (χ1n) is 8.39. The summed E-state index contributed by atoms with van der Waals surface area (Å²) in [5, 5.41) is 3.60. The molecule has 1 fully saturated rings. The Morgan fingerprint density at radius 1 is 1.33 bits per heavy atom. The third-order valence-corrected chi connectivity index (χ3v) is 5.69. The van der Waals surface area contributed by atoms with Crippen LogP contribution < -0.4 is 5.32 Å². The fourth-order valence-electron chi connectivity index (χ4n) is 2.95. The number of nitrogens with one attached hydrogen (secondary N) is 1. The number of thiophene rings is 1. The van der Waals surface area contributed by atoms with Gasteiger partial charge in [-0.2, -0.15) is 0 Å². The van der Waals surface area contributed by atoms with Crippen LogP contribution in [-0.4, -0.2) is 30.6 Å². The molecule has 1 atom stereocenters. The summed E-state index contributed by atoms with van der Waals surface area (Å²) in [6, 6.07) is 5.26. The van der Waals surface area contributed by atoms with Crippen molar-refractivity contribution in [2.24, 2.45) is 5.92 Å². The van der Waals surface area contributed by atoms with Crippen LogP contribution in [0.2, 0.25) is 0 Å². The van der Waals surface area contributed by atoms with Gasteiger partial charge in [-0.3, -0.25) is 4.90 Å². The molecule has 2 rings (SSSR count). The van der Waals surface area contributed by atoms with Crippen molar-refractivity contribution >= 4 is 11.3 Å². The first-order valence-corrected chi connectivity index (χ1v) is 9.21. The summed E-state index contributed by atoms with van der Waals surface area (Å²) in [4.78, 5) is 5.68. The van der Waals surface area contributed by atoms with Crippen LogP contribution in [0.1, 0.15) is 57.2 Å². The van der Waals surface area contributed by atoms with E-state index in [1.54, 1.807) is 0 Å². The fourth-order valence-corrected chi connectivity index (χ4v) is 4.06. The lowest BCUT2D eigenvalue weighted by atomic mass is 9.95. The second-order valence-electron chi connectivity index (χ2n) is 7.82. The van der Waals surface area contributed by atoms with Crippen molar-refractivity contribution in [1.82, 2.24) is 10.2 Å². The van der Waals surface area contributed by atoms with Crippen molar-refractivity contribution in [3.8, 4) is 0 Å². The predicted molar refractivity (Wildman–Crippen MR) is 94.2 cm³/mol. The topological polar surface area (TPSA) is 15.3 Å². The van der Waals surface area contributed by atoms with Crippen LogP contribution in [0.15, 0.2) is 12.1 Å². The quantitative estimate of drug-likeness (QED) is 0.874. The monoisotopic (exact) mass is 308 g/mol. The van der Waals surface area contributed by atoms with E-state index >= 15 is 0 Å². The number of nitrogens with zero attached hydrogens (tertiary/aromatic N) is 1. The molecular weight excluding hydrogens is 276 g/mol. The van der Waals surface area contributed by atoms with E-state index in [1.165, 1.54) is 42.2 Å². The van der Waals surface area contributed by atoms with E-state index < -0.39 is 0 Å². The van der Waals surface area contributed by atoms with Crippen molar-refractivity contribution < 1.29 is 0 Å². The third kappa shape index (κ3) is 5.39. The second kappa shape index (κ2) is 7.26. The molecular formula is C18H32N2S. The van der Waals surface area contributed by atoms with Gasteiger partial charge in [-0.15, -0.1) is 11.3 Å². The standard InChI is InChI=1S/C18H32N2S/c1-14(2)19-11-15-7-6-10-20(12-15)13-16-8-9-17(21-16)18(3,4)5/h8-9,14-15,19H,6-7,10-13H2,1-5H3. The van der Waals surface area contributed by atoms with Crippen LogP contribution in [0, 0.1) is 5.92 Å². The summed E-state index contributed by atoms with van der Waals surface area (Å²) in [5.41, 5.74) is 0.286. The molecule has 0 saturated carbocycles. The Hall–Kier alpha value is -0.380. The smallest absolute Gasteiger partial charge is 0.0328 e. The van der Waals surface area contributed by atoms with Gasteiger partial charge in [0.25, 0.3) is 0 Å². The number of likely N-dealkylation sites (tertiary alicyclic amines) is 1. The molecule has 21 heavy (non-hydrogen) atoms. The van der Waals surface area contributed by atoms with Crippen LogP contribution in [0.25, 0.3) is 0 Å². The Labute approximate surface area is 134 Å². The van der Waals surface area contributed by atoms with Gasteiger partial charge >= 0.3 is 0 Å². The normalized spacial score (nSPS) is 21.1. The van der Waals surface area contributed by atoms with Crippen molar-refractivity contribution in [3.05, 3.63) is 21.9 Å². The minimum atomic E-state index is 0.286. The maximum Gasteiger partial charge on any atom is 0.0328 e. The predicted octanol–water partition coefficient (Wildman–Crippen LogP) is 4.26. The van der Waals surface area contributed by atoms with Gasteiger partial charge in [0.05, 0.1) is 0 Å². The van der Waals surface area contributed by atoms with Gasteiger partial charge in [-0.25, -0.2) is 0 Å². The molecule has 1 aliphatic heterocycles. The minimum absolute atomic E-state index is 0.286. The van der Waals surface area contributed by atoms with Gasteiger partial charge in [0, 0.05) is 28.9 Å². The maximum atomic E-state index is 3.60. The summed E-state index contributed by atoms with van der Waals surface area (Å²) < 4.78 is 0. The van der Waals surface area contributed by atoms with E-state index in [0.717, 1.165) is 12.5 Å². The summed E-state index contributed by atoms with van der Waals surface area (Å²) in [5.74, 6) is 0.822. The molecule has 0 amide bonds. The number of rotatable bonds is 5. The Balaban J connectivity index is 1.86. The average molecular weight is 309 g/mol. The van der Waals surface area contributed by atoms with Crippen LogP contribution in [-0.2, 0) is 12.0 Å². The van der Waals surface area contributed by atoms with Crippen molar-refractivity contribution in [2.45, 2.75) is 65.5 Å². The van der Waals surface area contributed by atoms with Crippen molar-refractivity contribution in [1.29, 1.82) is 0 Å². The lowest BCUT2D eigenvalue weighted by molar-refractivity contribution is 0.165. The highest BCUT2D eigenvalue weighted by Gasteiger charge is 2.21. The lowest BCUT2D eigenvalue weighted by Gasteiger charge is -2.33. The summed E-state index contributed by atoms with van der Waals surface area (Å²) in [6.07, 6.45) is 2.73. The van der Waals surface area contributed by atoms with Crippen LogP contribution >= 0.6 is 11.3 Å². The zero-order chi connectivity index (χ0) is 15.5. The highest BCUT2D eigenvalue weighted by molar-refractivity contribution is 7.12. The third-order valence-electron chi connectivity index (χ3n) is 4.20. The molecule has 0 aromatic carbocycles. The molecule has 120 valence electrons. The Kier molecular flexibility index (Phi) is 5.87. The summed E-state index contributed by atoms with van der Waals surface area (Å²) >= 11 is 2.00. The molecule has 1 saturated heterocycles. The van der Waals surface area contributed by atoms with E-state index in [0.29, 0.717) is 6.04 Å². The largest absolute Gasteiger partial charge is 0.314 e. The second-order valence-corrected chi connectivity index (χ2v) is 8.99. The average Bonchev–Trinajstić information content (AvgIpc) is 2.85. The molecule has 1 aromatic rings. The number of hydrogen-bond donors (Lipinski definition) is 1. The Morgan fingerprint density at radius 3 is 2.71 bits per heavy atom. The molecule has 0 spiro atoms. The van der Waals surface area contributed by atoms with Gasteiger partial charge < -0.3 is 5.32 Å². The molecule has 1 aliphatic rings. The van der Waals surface area contributed by atoms with E-state index in [1.807, 2.05) is 11.3 Å². The molecule has 0 bridgehead atoms. The molecule has 0 aliphatic carbocycles. The van der Waals surface area contributed by atoms with Crippen LogP contribution in [0.3, 0.4) is 0 Å². The Morgan fingerprint density at radius 2 is 2.10 bits per heavy atom. The van der Waals surface area contributed by atoms with E-state index in [-0.39, 0.29) is 5.41 Å². The SMILES string of the molecule is CC(C)NCC1CCCN(Cc2ccc(C(C)(C)C)s2)C1. The van der Waals surface area contributed by atoms with Gasteiger partial charge in [-0.1, -0.05) is 34.6 Å². The van der Waals surface area contributed by atoms with Crippen molar-refractivity contribution in [3.63, 3.8) is 0 Å². The zero-order valence-electron chi connectivity index (χ0n) is 14.4. The van der Waals surface area contributed by atoms with Gasteiger partial charge in [0.2, 0.25) is 0 Å². The molecule has 3 heteroatoms. The Bertz CT molecular complexity index is 431. The fraction of sp³-hybridized carbons (Fsp3) is 0.778. The maximum absolute atomic E-state index is 3.60. The molecule has 0 radical (unpaired) electrons. The zero-order valence-corrected chi connectivity index (χ0v) is 15.2. The number of hydrogen-bond acceptors (Lipinski definition) is 3. The van der Waals surface area contributed by atoms with Crippen LogP contribution in [0.5, 0.6) is 0 Å². The molecule has 1 N–H and O–H groups in total. The van der Waals surface area contributed by atoms with E-state index in [9.17, 15) is 0 Å². The van der Waals surface area contributed by atoms with Gasteiger partial charge in [0.1, 0.15) is 0 Å².